The van der Waals surface area contributed by atoms with Gasteiger partial charge in [-0.2, -0.15) is 0 Å². The van der Waals surface area contributed by atoms with Crippen LogP contribution in [0.1, 0.15) is 30.0 Å². The van der Waals surface area contributed by atoms with Crippen LogP contribution >= 0.6 is 0 Å². The Morgan fingerprint density at radius 1 is 1.25 bits per heavy atom. The fraction of sp³-hybridized carbons (Fsp3) is 0.632. The van der Waals surface area contributed by atoms with Gasteiger partial charge in [-0.15, -0.1) is 0 Å². The van der Waals surface area contributed by atoms with E-state index in [4.69, 9.17) is 4.74 Å². The van der Waals surface area contributed by atoms with E-state index < -0.39 is 0 Å². The van der Waals surface area contributed by atoms with Crippen LogP contribution in [0.5, 0.6) is 0 Å². The first-order valence-corrected chi connectivity index (χ1v) is 9.11. The summed E-state index contributed by atoms with van der Waals surface area (Å²) in [5, 5.41) is 6.53. The van der Waals surface area contributed by atoms with E-state index in [0.29, 0.717) is 6.54 Å². The predicted octanol–water partition coefficient (Wildman–Crippen LogP) is 1.48. The maximum atomic E-state index is 12.5. The molecule has 1 aromatic rings. The van der Waals surface area contributed by atoms with Crippen molar-refractivity contribution >= 4 is 5.91 Å². The maximum Gasteiger partial charge on any atom is 0.223 e. The average Bonchev–Trinajstić information content (AvgIpc) is 2.65. The number of carbonyl (C=O) groups excluding carboxylic acids is 1. The largest absolute Gasteiger partial charge is 0.379 e. The van der Waals surface area contributed by atoms with Crippen molar-refractivity contribution in [2.75, 3.05) is 45.9 Å². The molecule has 2 saturated heterocycles. The summed E-state index contributed by atoms with van der Waals surface area (Å²) in [6, 6.07) is 8.90. The van der Waals surface area contributed by atoms with Crippen molar-refractivity contribution in [3.8, 4) is 0 Å². The lowest BCUT2D eigenvalue weighted by molar-refractivity contribution is -0.126. The van der Waals surface area contributed by atoms with Gasteiger partial charge in [-0.3, -0.25) is 9.69 Å². The zero-order valence-electron chi connectivity index (χ0n) is 14.6. The van der Waals surface area contributed by atoms with Gasteiger partial charge in [0.25, 0.3) is 0 Å². The van der Waals surface area contributed by atoms with Crippen LogP contribution in [-0.4, -0.2) is 56.7 Å². The third-order valence-corrected chi connectivity index (χ3v) is 5.13. The van der Waals surface area contributed by atoms with Crippen LogP contribution in [0.15, 0.2) is 24.3 Å². The Kier molecular flexibility index (Phi) is 6.24. The zero-order valence-corrected chi connectivity index (χ0v) is 14.6. The molecule has 2 fully saturated rings. The quantitative estimate of drug-likeness (QED) is 0.858. The summed E-state index contributed by atoms with van der Waals surface area (Å²) in [5.74, 6) is 0.372. The molecule has 5 heteroatoms. The van der Waals surface area contributed by atoms with Crippen LogP contribution in [0, 0.1) is 12.8 Å². The number of piperidine rings is 1. The van der Waals surface area contributed by atoms with Crippen LogP contribution < -0.4 is 10.6 Å². The summed E-state index contributed by atoms with van der Waals surface area (Å²) in [7, 11) is 0. The highest BCUT2D eigenvalue weighted by atomic mass is 16.5. The molecule has 0 radical (unpaired) electrons. The molecule has 3 rings (SSSR count). The summed E-state index contributed by atoms with van der Waals surface area (Å²) >= 11 is 0. The predicted molar refractivity (Wildman–Crippen MR) is 94.9 cm³/mol. The van der Waals surface area contributed by atoms with Crippen molar-refractivity contribution < 1.29 is 9.53 Å². The number of nitrogens with one attached hydrogen (secondary N) is 2. The Hall–Kier alpha value is -1.43. The molecule has 0 aliphatic carbocycles. The van der Waals surface area contributed by atoms with Gasteiger partial charge < -0.3 is 15.4 Å². The van der Waals surface area contributed by atoms with Gasteiger partial charge in [0.1, 0.15) is 0 Å². The van der Waals surface area contributed by atoms with Crippen molar-refractivity contribution in [2.45, 2.75) is 25.8 Å². The molecule has 0 spiro atoms. The molecule has 132 valence electrons. The Morgan fingerprint density at radius 2 is 1.92 bits per heavy atom. The molecule has 0 saturated carbocycles. The number of benzene rings is 1. The first-order chi connectivity index (χ1) is 11.7. The lowest BCUT2D eigenvalue weighted by Gasteiger charge is -2.35. The number of carbonyl (C=O) groups is 1. The number of rotatable bonds is 5. The second-order valence-electron chi connectivity index (χ2n) is 6.84. The SMILES string of the molecule is Cc1ccc(C(CNC(=O)C2CCNCC2)N2CCOCC2)cc1. The molecule has 5 nitrogen and oxygen atoms in total. The highest BCUT2D eigenvalue weighted by Gasteiger charge is 2.25. The highest BCUT2D eigenvalue weighted by molar-refractivity contribution is 5.78. The smallest absolute Gasteiger partial charge is 0.223 e. The third-order valence-electron chi connectivity index (χ3n) is 5.13. The molecule has 24 heavy (non-hydrogen) atoms. The van der Waals surface area contributed by atoms with Gasteiger partial charge in [0.05, 0.1) is 19.3 Å². The van der Waals surface area contributed by atoms with Crippen molar-refractivity contribution in [1.82, 2.24) is 15.5 Å². The third kappa shape index (κ3) is 4.56. The summed E-state index contributed by atoms with van der Waals surface area (Å²) in [4.78, 5) is 14.9. The van der Waals surface area contributed by atoms with Gasteiger partial charge in [0, 0.05) is 25.6 Å². The van der Waals surface area contributed by atoms with Crippen molar-refractivity contribution in [1.29, 1.82) is 0 Å². The van der Waals surface area contributed by atoms with Crippen molar-refractivity contribution in [2.24, 2.45) is 5.92 Å². The first kappa shape index (κ1) is 17.4. The molecule has 0 aromatic heterocycles. The van der Waals surface area contributed by atoms with E-state index in [-0.39, 0.29) is 17.9 Å². The van der Waals surface area contributed by atoms with Gasteiger partial charge in [-0.05, 0) is 38.4 Å². The lowest BCUT2D eigenvalue weighted by atomic mass is 9.96. The number of ether oxygens (including phenoxy) is 1. The lowest BCUT2D eigenvalue weighted by Crippen LogP contribution is -2.45. The van der Waals surface area contributed by atoms with Gasteiger partial charge in [0.15, 0.2) is 0 Å². The summed E-state index contributed by atoms with van der Waals surface area (Å²) < 4.78 is 5.49. The monoisotopic (exact) mass is 331 g/mol. The summed E-state index contributed by atoms with van der Waals surface area (Å²) in [6.45, 7) is 8.04. The number of nitrogens with zero attached hydrogens (tertiary/aromatic N) is 1. The van der Waals surface area contributed by atoms with Crippen LogP contribution in [0.25, 0.3) is 0 Å². The number of hydrogen-bond acceptors (Lipinski definition) is 4. The number of aryl methyl sites for hydroxylation is 1. The normalized spacial score (nSPS) is 21.4. The van der Waals surface area contributed by atoms with Crippen LogP contribution in [0.3, 0.4) is 0 Å². The molecule has 1 amide bonds. The molecule has 1 aromatic carbocycles. The molecule has 1 unspecified atom stereocenters. The number of amides is 1. The van der Waals surface area contributed by atoms with Gasteiger partial charge >= 0.3 is 0 Å². The van der Waals surface area contributed by atoms with Crippen molar-refractivity contribution in [3.63, 3.8) is 0 Å². The van der Waals surface area contributed by atoms with E-state index >= 15 is 0 Å². The number of hydrogen-bond donors (Lipinski definition) is 2. The Labute approximate surface area is 144 Å². The molecular weight excluding hydrogens is 302 g/mol. The van der Waals surface area contributed by atoms with E-state index in [2.05, 4.69) is 46.7 Å². The van der Waals surface area contributed by atoms with Crippen LogP contribution in [-0.2, 0) is 9.53 Å². The van der Waals surface area contributed by atoms with Gasteiger partial charge in [-0.25, -0.2) is 0 Å². The molecule has 2 aliphatic rings. The van der Waals surface area contributed by atoms with E-state index in [9.17, 15) is 4.79 Å². The van der Waals surface area contributed by atoms with E-state index in [1.165, 1.54) is 11.1 Å². The van der Waals surface area contributed by atoms with E-state index in [1.807, 2.05) is 0 Å². The molecule has 2 aliphatic heterocycles. The Morgan fingerprint density at radius 3 is 2.58 bits per heavy atom. The van der Waals surface area contributed by atoms with E-state index in [0.717, 1.165) is 52.2 Å². The first-order valence-electron chi connectivity index (χ1n) is 9.11. The molecular formula is C19H29N3O2. The minimum absolute atomic E-state index is 0.162. The average molecular weight is 331 g/mol. The maximum absolute atomic E-state index is 12.5. The molecule has 2 heterocycles. The molecule has 1 atom stereocenters. The fourth-order valence-electron chi connectivity index (χ4n) is 3.56. The summed E-state index contributed by atoms with van der Waals surface area (Å²) in [5.41, 5.74) is 2.53. The topological polar surface area (TPSA) is 53.6 Å². The van der Waals surface area contributed by atoms with E-state index in [1.54, 1.807) is 0 Å². The number of morpholine rings is 1. The Bertz CT molecular complexity index is 520. The highest BCUT2D eigenvalue weighted by Crippen LogP contribution is 2.22. The minimum Gasteiger partial charge on any atom is -0.379 e. The van der Waals surface area contributed by atoms with Crippen LogP contribution in [0.4, 0.5) is 0 Å². The summed E-state index contributed by atoms with van der Waals surface area (Å²) in [6.07, 6.45) is 1.89. The second-order valence-corrected chi connectivity index (χ2v) is 6.84. The Balaban J connectivity index is 1.64. The second kappa shape index (κ2) is 8.60. The van der Waals surface area contributed by atoms with Crippen LogP contribution in [0.2, 0.25) is 0 Å². The zero-order chi connectivity index (χ0) is 16.8. The molecule has 0 bridgehead atoms. The van der Waals surface area contributed by atoms with Gasteiger partial charge in [0.2, 0.25) is 5.91 Å². The van der Waals surface area contributed by atoms with Gasteiger partial charge in [-0.1, -0.05) is 29.8 Å². The van der Waals surface area contributed by atoms with Crippen molar-refractivity contribution in [3.05, 3.63) is 35.4 Å². The standard InChI is InChI=1S/C19H29N3O2/c1-15-2-4-16(5-3-15)18(22-10-12-24-13-11-22)14-21-19(23)17-6-8-20-9-7-17/h2-5,17-18,20H,6-14H2,1H3,(H,21,23). The minimum atomic E-state index is 0.162. The fourth-order valence-corrected chi connectivity index (χ4v) is 3.56. The molecule has 2 N–H and O–H groups in total.